The van der Waals surface area contributed by atoms with Gasteiger partial charge in [0.2, 0.25) is 0 Å². The summed E-state index contributed by atoms with van der Waals surface area (Å²) in [6.45, 7) is 1.41. The van der Waals surface area contributed by atoms with E-state index in [-0.39, 0.29) is 34.4 Å². The maximum atomic E-state index is 14.4. The van der Waals surface area contributed by atoms with E-state index >= 15 is 0 Å². The Kier molecular flexibility index (Phi) is 4.47. The van der Waals surface area contributed by atoms with Crippen LogP contribution in [0.25, 0.3) is 11.4 Å². The van der Waals surface area contributed by atoms with Gasteiger partial charge in [0.1, 0.15) is 11.6 Å². The molecule has 31 heavy (non-hydrogen) atoms. The number of likely N-dealkylation sites (tertiary alicyclic amines) is 1. The topological polar surface area (TPSA) is 83.9 Å². The first-order chi connectivity index (χ1) is 15.0. The minimum atomic E-state index is -0.684. The summed E-state index contributed by atoms with van der Waals surface area (Å²) < 4.78 is 18.0. The molecule has 8 heteroatoms. The van der Waals surface area contributed by atoms with E-state index in [1.54, 1.807) is 23.4 Å². The minimum absolute atomic E-state index is 0.0148. The van der Waals surface area contributed by atoms with E-state index in [9.17, 15) is 14.0 Å². The molecular weight excluding hydrogens is 397 g/mol. The number of nitrogens with zero attached hydrogens (tertiary/aromatic N) is 5. The van der Waals surface area contributed by atoms with E-state index in [1.807, 2.05) is 28.3 Å². The molecule has 156 valence electrons. The summed E-state index contributed by atoms with van der Waals surface area (Å²) in [5.74, 6) is -0.302. The van der Waals surface area contributed by atoms with Gasteiger partial charge in [0.15, 0.2) is 0 Å². The highest BCUT2D eigenvalue weighted by atomic mass is 19.1. The van der Waals surface area contributed by atoms with E-state index in [1.165, 1.54) is 12.1 Å². The lowest BCUT2D eigenvalue weighted by molar-refractivity contribution is 0.0590. The standard InChI is InChI=1S/C23H20FN5O2/c1-27-7-6-26-21(27)18-4-5-20-16-8-15(12-29(20)23(18)31)11-28(13-16)22(30)17-3-2-14(10-25)9-19(17)24/h2-7,9,15-16H,8,11-13H2,1H3/t15-,16+/m0/s1. The van der Waals surface area contributed by atoms with Gasteiger partial charge in [-0.3, -0.25) is 9.59 Å². The number of aryl methyl sites for hydroxylation is 1. The molecule has 4 heterocycles. The van der Waals surface area contributed by atoms with E-state index in [0.717, 1.165) is 18.2 Å². The van der Waals surface area contributed by atoms with Crippen molar-refractivity contribution in [1.82, 2.24) is 19.0 Å². The summed E-state index contributed by atoms with van der Waals surface area (Å²) in [5.41, 5.74) is 1.54. The second kappa shape index (κ2) is 7.20. The molecule has 1 amide bonds. The number of amides is 1. The average molecular weight is 417 g/mol. The molecule has 3 aromatic rings. The molecule has 2 bridgehead atoms. The van der Waals surface area contributed by atoms with Crippen molar-refractivity contribution in [2.24, 2.45) is 13.0 Å². The lowest BCUT2D eigenvalue weighted by Gasteiger charge is -2.43. The van der Waals surface area contributed by atoms with Gasteiger partial charge < -0.3 is 14.0 Å². The van der Waals surface area contributed by atoms with Gasteiger partial charge in [-0.25, -0.2) is 9.37 Å². The fourth-order valence-electron chi connectivity index (χ4n) is 4.84. The van der Waals surface area contributed by atoms with E-state index in [4.69, 9.17) is 5.26 Å². The number of hydrogen-bond donors (Lipinski definition) is 0. The number of imidazole rings is 1. The number of aromatic nitrogens is 3. The van der Waals surface area contributed by atoms with Gasteiger partial charge in [-0.2, -0.15) is 5.26 Å². The van der Waals surface area contributed by atoms with Crippen molar-refractivity contribution in [3.05, 3.63) is 75.7 Å². The molecule has 0 saturated carbocycles. The van der Waals surface area contributed by atoms with Gasteiger partial charge in [0.05, 0.1) is 22.8 Å². The molecular formula is C23H20FN5O2. The highest BCUT2D eigenvalue weighted by Gasteiger charge is 2.37. The van der Waals surface area contributed by atoms with Crippen molar-refractivity contribution in [3.8, 4) is 17.5 Å². The van der Waals surface area contributed by atoms with Gasteiger partial charge in [-0.05, 0) is 42.7 Å². The Balaban J connectivity index is 1.46. The van der Waals surface area contributed by atoms with Crippen LogP contribution in [0.2, 0.25) is 0 Å². The molecule has 0 aliphatic carbocycles. The normalized spacial score (nSPS) is 19.6. The largest absolute Gasteiger partial charge is 0.338 e. The van der Waals surface area contributed by atoms with Crippen LogP contribution in [0.1, 0.15) is 34.0 Å². The number of pyridine rings is 1. The van der Waals surface area contributed by atoms with Crippen LogP contribution in [0.3, 0.4) is 0 Å². The third kappa shape index (κ3) is 3.13. The van der Waals surface area contributed by atoms with Crippen LogP contribution in [-0.2, 0) is 13.6 Å². The monoisotopic (exact) mass is 417 g/mol. The van der Waals surface area contributed by atoms with Crippen molar-refractivity contribution >= 4 is 5.91 Å². The molecule has 2 aromatic heterocycles. The average Bonchev–Trinajstić information content (AvgIpc) is 3.19. The lowest BCUT2D eigenvalue weighted by atomic mass is 9.82. The quantitative estimate of drug-likeness (QED) is 0.641. The van der Waals surface area contributed by atoms with E-state index in [0.29, 0.717) is 31.0 Å². The van der Waals surface area contributed by atoms with Crippen molar-refractivity contribution in [2.45, 2.75) is 18.9 Å². The maximum Gasteiger partial charge on any atom is 0.261 e. The third-order valence-corrected chi connectivity index (χ3v) is 6.28. The molecule has 2 atom stereocenters. The molecule has 5 rings (SSSR count). The Bertz CT molecular complexity index is 1300. The first kappa shape index (κ1) is 19.2. The molecule has 1 aromatic carbocycles. The van der Waals surface area contributed by atoms with Gasteiger partial charge >= 0.3 is 0 Å². The van der Waals surface area contributed by atoms with Crippen LogP contribution in [0.5, 0.6) is 0 Å². The zero-order valence-electron chi connectivity index (χ0n) is 17.0. The Hall–Kier alpha value is -3.73. The number of carbonyl (C=O) groups is 1. The van der Waals surface area contributed by atoms with Crippen LogP contribution in [-0.4, -0.2) is 38.0 Å². The van der Waals surface area contributed by atoms with Crippen LogP contribution in [0.4, 0.5) is 4.39 Å². The second-order valence-electron chi connectivity index (χ2n) is 8.26. The number of piperidine rings is 1. The molecule has 0 N–H and O–H groups in total. The summed E-state index contributed by atoms with van der Waals surface area (Å²) in [6, 6.07) is 9.54. The molecule has 2 aliphatic rings. The molecule has 1 fully saturated rings. The Labute approximate surface area is 178 Å². The zero-order valence-corrected chi connectivity index (χ0v) is 17.0. The predicted molar refractivity (Wildman–Crippen MR) is 111 cm³/mol. The van der Waals surface area contributed by atoms with Gasteiger partial charge in [0.25, 0.3) is 11.5 Å². The van der Waals surface area contributed by atoms with Gasteiger partial charge in [-0.15, -0.1) is 0 Å². The first-order valence-corrected chi connectivity index (χ1v) is 10.2. The van der Waals surface area contributed by atoms with Gasteiger partial charge in [-0.1, -0.05) is 0 Å². The SMILES string of the molecule is Cn1ccnc1-c1ccc2n(c1=O)C[C@H]1C[C@@H]2CN(C(=O)c2ccc(C#N)cc2F)C1. The minimum Gasteiger partial charge on any atom is -0.338 e. The van der Waals surface area contributed by atoms with Gasteiger partial charge in [0, 0.05) is 50.7 Å². The number of hydrogen-bond acceptors (Lipinski definition) is 4. The fraction of sp³-hybridized carbons (Fsp3) is 0.304. The van der Waals surface area contributed by atoms with Crippen LogP contribution < -0.4 is 5.56 Å². The van der Waals surface area contributed by atoms with Crippen molar-refractivity contribution in [1.29, 1.82) is 5.26 Å². The molecule has 7 nitrogen and oxygen atoms in total. The number of fused-ring (bicyclic) bond motifs is 4. The number of nitriles is 1. The summed E-state index contributed by atoms with van der Waals surface area (Å²) in [7, 11) is 1.85. The summed E-state index contributed by atoms with van der Waals surface area (Å²) >= 11 is 0. The number of benzene rings is 1. The van der Waals surface area contributed by atoms with E-state index < -0.39 is 5.82 Å². The fourth-order valence-corrected chi connectivity index (χ4v) is 4.84. The Morgan fingerprint density at radius 2 is 2.06 bits per heavy atom. The first-order valence-electron chi connectivity index (χ1n) is 10.2. The maximum absolute atomic E-state index is 14.4. The van der Waals surface area contributed by atoms with E-state index in [2.05, 4.69) is 4.98 Å². The van der Waals surface area contributed by atoms with Crippen LogP contribution >= 0.6 is 0 Å². The summed E-state index contributed by atoms with van der Waals surface area (Å²) in [6.07, 6.45) is 4.36. The molecule has 1 saturated heterocycles. The van der Waals surface area contributed by atoms with Crippen LogP contribution in [0.15, 0.2) is 47.5 Å². The molecule has 2 aliphatic heterocycles. The van der Waals surface area contributed by atoms with Crippen molar-refractivity contribution in [2.75, 3.05) is 13.1 Å². The van der Waals surface area contributed by atoms with Crippen molar-refractivity contribution in [3.63, 3.8) is 0 Å². The molecule has 0 unspecified atom stereocenters. The summed E-state index contributed by atoms with van der Waals surface area (Å²) in [4.78, 5) is 32.2. The molecule has 0 radical (unpaired) electrons. The number of halogens is 1. The Morgan fingerprint density at radius 3 is 2.77 bits per heavy atom. The lowest BCUT2D eigenvalue weighted by Crippen LogP contribution is -2.49. The molecule has 0 spiro atoms. The predicted octanol–water partition coefficient (Wildman–Crippen LogP) is 2.52. The third-order valence-electron chi connectivity index (χ3n) is 6.28. The highest BCUT2D eigenvalue weighted by molar-refractivity contribution is 5.94. The number of rotatable bonds is 2. The zero-order chi connectivity index (χ0) is 21.7. The number of carbonyl (C=O) groups excluding carboxylic acids is 1. The van der Waals surface area contributed by atoms with Crippen LogP contribution in [0, 0.1) is 23.1 Å². The smallest absolute Gasteiger partial charge is 0.261 e. The highest BCUT2D eigenvalue weighted by Crippen LogP contribution is 2.36. The Morgan fingerprint density at radius 1 is 1.23 bits per heavy atom. The van der Waals surface area contributed by atoms with Crippen molar-refractivity contribution < 1.29 is 9.18 Å². The second-order valence-corrected chi connectivity index (χ2v) is 8.26. The summed E-state index contributed by atoms with van der Waals surface area (Å²) in [5, 5.41) is 8.91.